The summed E-state index contributed by atoms with van der Waals surface area (Å²) in [5, 5.41) is 1.16. The Morgan fingerprint density at radius 2 is 1.95 bits per heavy atom. The molecule has 1 unspecified atom stereocenters. The number of benzene rings is 2. The first-order valence-corrected chi connectivity index (χ1v) is 8.68. The lowest BCUT2D eigenvalue weighted by molar-refractivity contribution is 0.310. The van der Waals surface area contributed by atoms with Crippen molar-refractivity contribution < 1.29 is 4.74 Å². The monoisotopic (exact) mass is 311 g/mol. The molecule has 22 heavy (non-hydrogen) atoms. The van der Waals surface area contributed by atoms with Crippen molar-refractivity contribution in [3.8, 4) is 5.75 Å². The molecule has 0 bridgehead atoms. The van der Waals surface area contributed by atoms with Crippen LogP contribution in [-0.4, -0.2) is 11.6 Å². The fourth-order valence-electron chi connectivity index (χ4n) is 2.42. The highest BCUT2D eigenvalue weighted by Gasteiger charge is 2.13. The van der Waals surface area contributed by atoms with Gasteiger partial charge in [-0.2, -0.15) is 0 Å². The Labute approximate surface area is 135 Å². The molecule has 0 aliphatic heterocycles. The van der Waals surface area contributed by atoms with Gasteiger partial charge in [0.25, 0.3) is 0 Å². The largest absolute Gasteiger partial charge is 0.494 e. The van der Waals surface area contributed by atoms with Crippen LogP contribution in [0.25, 0.3) is 10.2 Å². The first-order chi connectivity index (χ1) is 10.8. The van der Waals surface area contributed by atoms with Crippen molar-refractivity contribution in [1.82, 2.24) is 4.98 Å². The van der Waals surface area contributed by atoms with Crippen LogP contribution in [0, 0.1) is 0 Å². The van der Waals surface area contributed by atoms with Crippen molar-refractivity contribution in [2.45, 2.75) is 32.6 Å². The second-order valence-corrected chi connectivity index (χ2v) is 6.58. The summed E-state index contributed by atoms with van der Waals surface area (Å²) in [6, 6.07) is 16.7. The van der Waals surface area contributed by atoms with Crippen molar-refractivity contribution in [1.29, 1.82) is 0 Å². The van der Waals surface area contributed by atoms with Crippen molar-refractivity contribution >= 4 is 21.6 Å². The van der Waals surface area contributed by atoms with Crippen molar-refractivity contribution in [3.05, 3.63) is 59.1 Å². The summed E-state index contributed by atoms with van der Waals surface area (Å²) in [6.45, 7) is 5.17. The number of unbranched alkanes of at least 4 members (excludes halogenated alkanes) is 1. The van der Waals surface area contributed by atoms with Gasteiger partial charge in [-0.1, -0.05) is 50.6 Å². The van der Waals surface area contributed by atoms with E-state index < -0.39 is 0 Å². The quantitative estimate of drug-likeness (QED) is 0.551. The molecule has 0 amide bonds. The fraction of sp³-hybridized carbons (Fsp3) is 0.316. The maximum atomic E-state index is 5.79. The molecule has 1 heterocycles. The van der Waals surface area contributed by atoms with E-state index in [4.69, 9.17) is 9.72 Å². The fourth-order valence-corrected chi connectivity index (χ4v) is 3.49. The number of hydrogen-bond acceptors (Lipinski definition) is 3. The van der Waals surface area contributed by atoms with Crippen LogP contribution < -0.4 is 4.74 Å². The van der Waals surface area contributed by atoms with Crippen LogP contribution in [0.3, 0.4) is 0 Å². The SMILES string of the molecule is CCCCOc1ccc2nc(C(C)c3ccccc3)sc2c1. The number of nitrogens with zero attached hydrogens (tertiary/aromatic N) is 1. The third kappa shape index (κ3) is 3.30. The number of hydrogen-bond donors (Lipinski definition) is 0. The lowest BCUT2D eigenvalue weighted by Gasteiger charge is -2.07. The van der Waals surface area contributed by atoms with Gasteiger partial charge in [-0.05, 0) is 30.2 Å². The zero-order valence-corrected chi connectivity index (χ0v) is 13.9. The zero-order chi connectivity index (χ0) is 15.4. The number of aromatic nitrogens is 1. The van der Waals surface area contributed by atoms with E-state index >= 15 is 0 Å². The topological polar surface area (TPSA) is 22.1 Å². The molecule has 0 N–H and O–H groups in total. The summed E-state index contributed by atoms with van der Waals surface area (Å²) in [7, 11) is 0. The lowest BCUT2D eigenvalue weighted by Crippen LogP contribution is -1.95. The van der Waals surface area contributed by atoms with E-state index in [1.54, 1.807) is 11.3 Å². The third-order valence-electron chi connectivity index (χ3n) is 3.81. The molecule has 1 aromatic heterocycles. The minimum Gasteiger partial charge on any atom is -0.494 e. The minimum atomic E-state index is 0.322. The average molecular weight is 311 g/mol. The van der Waals surface area contributed by atoms with E-state index in [1.165, 1.54) is 10.3 Å². The highest BCUT2D eigenvalue weighted by Crippen LogP contribution is 2.33. The van der Waals surface area contributed by atoms with Gasteiger partial charge in [0.05, 0.1) is 16.8 Å². The molecule has 0 saturated carbocycles. The van der Waals surface area contributed by atoms with Crippen LogP contribution in [0.2, 0.25) is 0 Å². The second-order valence-electron chi connectivity index (χ2n) is 5.52. The highest BCUT2D eigenvalue weighted by atomic mass is 32.1. The van der Waals surface area contributed by atoms with Gasteiger partial charge < -0.3 is 4.74 Å². The maximum Gasteiger partial charge on any atom is 0.120 e. The summed E-state index contributed by atoms with van der Waals surface area (Å²) in [5.41, 5.74) is 2.37. The molecular formula is C19H21NOS. The predicted octanol–water partition coefficient (Wildman–Crippen LogP) is 5.63. The number of thiazole rings is 1. The first-order valence-electron chi connectivity index (χ1n) is 7.86. The van der Waals surface area contributed by atoms with Gasteiger partial charge in [0.15, 0.2) is 0 Å². The van der Waals surface area contributed by atoms with Gasteiger partial charge in [0.1, 0.15) is 10.8 Å². The van der Waals surface area contributed by atoms with E-state index in [2.05, 4.69) is 56.3 Å². The third-order valence-corrected chi connectivity index (χ3v) is 5.01. The summed E-state index contributed by atoms with van der Waals surface area (Å²) < 4.78 is 6.99. The Morgan fingerprint density at radius 1 is 1.14 bits per heavy atom. The molecule has 114 valence electrons. The van der Waals surface area contributed by atoms with Crippen molar-refractivity contribution in [2.75, 3.05) is 6.61 Å². The average Bonchev–Trinajstić information content (AvgIpc) is 2.98. The summed E-state index contributed by atoms with van der Waals surface area (Å²) in [6.07, 6.45) is 2.25. The summed E-state index contributed by atoms with van der Waals surface area (Å²) in [4.78, 5) is 4.79. The molecule has 3 aromatic rings. The van der Waals surface area contributed by atoms with E-state index in [0.29, 0.717) is 5.92 Å². The standard InChI is InChI=1S/C19H21NOS/c1-3-4-12-21-16-10-11-17-18(13-16)22-19(20-17)14(2)15-8-6-5-7-9-15/h5-11,13-14H,3-4,12H2,1-2H3. The molecule has 0 fully saturated rings. The summed E-state index contributed by atoms with van der Waals surface area (Å²) in [5.74, 6) is 1.27. The predicted molar refractivity (Wildman–Crippen MR) is 94.0 cm³/mol. The number of fused-ring (bicyclic) bond motifs is 1. The molecule has 0 spiro atoms. The molecule has 0 aliphatic carbocycles. The maximum absolute atomic E-state index is 5.79. The molecule has 0 radical (unpaired) electrons. The number of rotatable bonds is 6. The van der Waals surface area contributed by atoms with E-state index in [1.807, 2.05) is 6.07 Å². The smallest absolute Gasteiger partial charge is 0.120 e. The Kier molecular flexibility index (Phi) is 4.74. The Balaban J connectivity index is 1.83. The Bertz CT molecular complexity index is 736. The second kappa shape index (κ2) is 6.93. The molecule has 1 atom stereocenters. The van der Waals surface area contributed by atoms with Crippen LogP contribution in [0.1, 0.15) is 43.2 Å². The normalized spacial score (nSPS) is 12.5. The van der Waals surface area contributed by atoms with E-state index in [0.717, 1.165) is 35.7 Å². The molecule has 3 heteroatoms. The Morgan fingerprint density at radius 3 is 2.73 bits per heavy atom. The molecule has 2 aromatic carbocycles. The first kappa shape index (κ1) is 15.0. The van der Waals surface area contributed by atoms with Crippen molar-refractivity contribution in [3.63, 3.8) is 0 Å². The van der Waals surface area contributed by atoms with Crippen LogP contribution in [-0.2, 0) is 0 Å². The molecular weight excluding hydrogens is 290 g/mol. The van der Waals surface area contributed by atoms with Crippen LogP contribution in [0.4, 0.5) is 0 Å². The van der Waals surface area contributed by atoms with Gasteiger partial charge in [0.2, 0.25) is 0 Å². The Hall–Kier alpha value is -1.87. The van der Waals surface area contributed by atoms with Crippen molar-refractivity contribution in [2.24, 2.45) is 0 Å². The van der Waals surface area contributed by atoms with Crippen LogP contribution in [0.15, 0.2) is 48.5 Å². The van der Waals surface area contributed by atoms with E-state index in [-0.39, 0.29) is 0 Å². The summed E-state index contributed by atoms with van der Waals surface area (Å²) >= 11 is 1.76. The van der Waals surface area contributed by atoms with Gasteiger partial charge in [-0.25, -0.2) is 4.98 Å². The molecule has 3 rings (SSSR count). The van der Waals surface area contributed by atoms with Gasteiger partial charge in [0, 0.05) is 5.92 Å². The zero-order valence-electron chi connectivity index (χ0n) is 13.1. The van der Waals surface area contributed by atoms with Crippen LogP contribution >= 0.6 is 11.3 Å². The van der Waals surface area contributed by atoms with Crippen LogP contribution in [0.5, 0.6) is 5.75 Å². The number of ether oxygens (including phenoxy) is 1. The van der Waals surface area contributed by atoms with Gasteiger partial charge in [-0.3, -0.25) is 0 Å². The molecule has 0 aliphatic rings. The van der Waals surface area contributed by atoms with Gasteiger partial charge in [-0.15, -0.1) is 11.3 Å². The van der Waals surface area contributed by atoms with Gasteiger partial charge >= 0.3 is 0 Å². The minimum absolute atomic E-state index is 0.322. The molecule has 2 nitrogen and oxygen atoms in total. The van der Waals surface area contributed by atoms with E-state index in [9.17, 15) is 0 Å². The highest BCUT2D eigenvalue weighted by molar-refractivity contribution is 7.18. The molecule has 0 saturated heterocycles. The lowest BCUT2D eigenvalue weighted by atomic mass is 10.0.